The number of nitrogens with zero attached hydrogens (tertiary/aromatic N) is 1. The van der Waals surface area contributed by atoms with Crippen LogP contribution >= 0.6 is 0 Å². The van der Waals surface area contributed by atoms with Crippen molar-refractivity contribution >= 4 is 23.5 Å². The fourth-order valence-electron chi connectivity index (χ4n) is 1.31. The molecule has 2 rings (SSSR count). The lowest BCUT2D eigenvalue weighted by atomic mass is 10.2. The highest BCUT2D eigenvalue weighted by Crippen LogP contribution is 2.25. The highest BCUT2D eigenvalue weighted by molar-refractivity contribution is 6.53. The van der Waals surface area contributed by atoms with Gasteiger partial charge in [-0.3, -0.25) is 14.9 Å². The van der Waals surface area contributed by atoms with Crippen LogP contribution in [0.4, 0.5) is 19.3 Å². The predicted octanol–water partition coefficient (Wildman–Crippen LogP) is 0.548. The smallest absolute Gasteiger partial charge is 0.269 e. The van der Waals surface area contributed by atoms with Crippen molar-refractivity contribution in [1.82, 2.24) is 5.32 Å². The van der Waals surface area contributed by atoms with Crippen LogP contribution in [-0.4, -0.2) is 17.8 Å². The number of benzene rings is 1. The fourth-order valence-corrected chi connectivity index (χ4v) is 1.31. The number of rotatable bonds is 1. The van der Waals surface area contributed by atoms with Gasteiger partial charge in [0.25, 0.3) is 0 Å². The average Bonchev–Trinajstić information content (AvgIpc) is 2.44. The van der Waals surface area contributed by atoms with Gasteiger partial charge < -0.3 is 0 Å². The minimum Gasteiger partial charge on any atom is -0.269 e. The second-order valence-corrected chi connectivity index (χ2v) is 2.97. The van der Waals surface area contributed by atoms with Crippen molar-refractivity contribution in [1.29, 1.82) is 0 Å². The van der Waals surface area contributed by atoms with Crippen molar-refractivity contribution in [2.75, 3.05) is 4.90 Å². The third kappa shape index (κ3) is 1.33. The number of nitrogens with one attached hydrogen (secondary N) is 1. The largest absolute Gasteiger partial charge is 0.336 e. The molecule has 4 amide bonds. The Morgan fingerprint density at radius 1 is 1.06 bits per heavy atom. The second kappa shape index (κ2) is 3.37. The number of hydrogen-bond donors (Lipinski definition) is 1. The zero-order valence-electron chi connectivity index (χ0n) is 7.66. The number of anilines is 1. The monoisotopic (exact) mass is 226 g/mol. The van der Waals surface area contributed by atoms with Crippen LogP contribution in [0.5, 0.6) is 0 Å². The molecule has 1 fully saturated rings. The molecule has 0 saturated carbocycles. The summed E-state index contributed by atoms with van der Waals surface area (Å²) in [6, 6.07) is 1.66. The summed E-state index contributed by atoms with van der Waals surface area (Å²) in [4.78, 5) is 33.3. The first-order valence-corrected chi connectivity index (χ1v) is 4.16. The zero-order chi connectivity index (χ0) is 11.9. The maximum absolute atomic E-state index is 13.3. The molecule has 82 valence electrons. The van der Waals surface area contributed by atoms with E-state index in [0.29, 0.717) is 0 Å². The van der Waals surface area contributed by atoms with E-state index in [9.17, 15) is 23.2 Å². The Labute approximate surface area is 87.6 Å². The molecule has 1 aromatic rings. The SMILES string of the molecule is O=C1NC(=O)N(c2c(F)cccc2F)C1=O. The molecule has 7 heteroatoms. The first-order valence-electron chi connectivity index (χ1n) is 4.16. The van der Waals surface area contributed by atoms with E-state index < -0.39 is 35.2 Å². The first-order chi connectivity index (χ1) is 7.52. The van der Waals surface area contributed by atoms with Crippen molar-refractivity contribution in [3.05, 3.63) is 29.8 Å². The zero-order valence-corrected chi connectivity index (χ0v) is 7.66. The van der Waals surface area contributed by atoms with E-state index in [2.05, 4.69) is 0 Å². The van der Waals surface area contributed by atoms with Gasteiger partial charge >= 0.3 is 17.8 Å². The number of halogens is 2. The van der Waals surface area contributed by atoms with Crippen LogP contribution in [0, 0.1) is 11.6 Å². The molecule has 0 atom stereocenters. The maximum Gasteiger partial charge on any atom is 0.336 e. The quantitative estimate of drug-likeness (QED) is 0.561. The number of hydrogen-bond acceptors (Lipinski definition) is 3. The van der Waals surface area contributed by atoms with Gasteiger partial charge in [0.2, 0.25) is 0 Å². The maximum atomic E-state index is 13.3. The van der Waals surface area contributed by atoms with Crippen LogP contribution in [0.15, 0.2) is 18.2 Å². The van der Waals surface area contributed by atoms with Gasteiger partial charge in [-0.1, -0.05) is 6.07 Å². The van der Waals surface area contributed by atoms with E-state index in [1.54, 1.807) is 5.32 Å². The van der Waals surface area contributed by atoms with Crippen LogP contribution in [0.3, 0.4) is 0 Å². The second-order valence-electron chi connectivity index (χ2n) is 2.97. The van der Waals surface area contributed by atoms with E-state index in [1.165, 1.54) is 0 Å². The van der Waals surface area contributed by atoms with Gasteiger partial charge in [-0.05, 0) is 12.1 Å². The number of para-hydroxylation sites is 1. The molecule has 1 N–H and O–H groups in total. The number of amides is 4. The number of carbonyl (C=O) groups excluding carboxylic acids is 3. The summed E-state index contributed by atoms with van der Waals surface area (Å²) in [6.45, 7) is 0. The summed E-state index contributed by atoms with van der Waals surface area (Å²) in [7, 11) is 0. The lowest BCUT2D eigenvalue weighted by Crippen LogP contribution is -2.32. The highest BCUT2D eigenvalue weighted by Gasteiger charge is 2.40. The highest BCUT2D eigenvalue weighted by atomic mass is 19.1. The minimum absolute atomic E-state index is 0.132. The molecule has 0 aromatic heterocycles. The number of urea groups is 1. The topological polar surface area (TPSA) is 66.5 Å². The summed E-state index contributed by atoms with van der Waals surface area (Å²) in [5.74, 6) is -4.72. The molecule has 0 aliphatic carbocycles. The van der Waals surface area contributed by atoms with Crippen molar-refractivity contribution in [2.24, 2.45) is 0 Å². The Balaban J connectivity index is 2.57. The average molecular weight is 226 g/mol. The van der Waals surface area contributed by atoms with Crippen molar-refractivity contribution in [2.45, 2.75) is 0 Å². The van der Waals surface area contributed by atoms with E-state index in [0.717, 1.165) is 18.2 Å². The molecule has 1 aromatic carbocycles. The van der Waals surface area contributed by atoms with Gasteiger partial charge in [0.15, 0.2) is 0 Å². The van der Waals surface area contributed by atoms with Crippen LogP contribution in [0.2, 0.25) is 0 Å². The van der Waals surface area contributed by atoms with Crippen molar-refractivity contribution in [3.8, 4) is 0 Å². The lowest BCUT2D eigenvalue weighted by molar-refractivity contribution is -0.134. The molecule has 5 nitrogen and oxygen atoms in total. The lowest BCUT2D eigenvalue weighted by Gasteiger charge is -2.12. The Morgan fingerprint density at radius 2 is 1.62 bits per heavy atom. The van der Waals surface area contributed by atoms with Crippen molar-refractivity contribution in [3.63, 3.8) is 0 Å². The molecule has 1 heterocycles. The molecule has 0 unspecified atom stereocenters. The van der Waals surface area contributed by atoms with E-state index in [1.807, 2.05) is 0 Å². The van der Waals surface area contributed by atoms with Gasteiger partial charge in [-0.25, -0.2) is 18.5 Å². The Hall–Kier alpha value is -2.31. The predicted molar refractivity (Wildman–Crippen MR) is 47.4 cm³/mol. The summed E-state index contributed by atoms with van der Waals surface area (Å²) >= 11 is 0. The number of carbonyl (C=O) groups is 3. The standard InChI is InChI=1S/C9H4F2N2O3/c10-4-2-1-3-5(11)6(4)13-8(15)7(14)12-9(13)16/h1-3H,(H,12,14,16). The molecule has 1 aliphatic rings. The van der Waals surface area contributed by atoms with Gasteiger partial charge in [0.05, 0.1) is 0 Å². The molecule has 16 heavy (non-hydrogen) atoms. The van der Waals surface area contributed by atoms with E-state index in [-0.39, 0.29) is 4.90 Å². The molecular weight excluding hydrogens is 222 g/mol. The van der Waals surface area contributed by atoms with Gasteiger partial charge in [-0.2, -0.15) is 0 Å². The van der Waals surface area contributed by atoms with Gasteiger partial charge in [-0.15, -0.1) is 0 Å². The molecular formula is C9H4F2N2O3. The molecule has 0 bridgehead atoms. The van der Waals surface area contributed by atoms with Crippen molar-refractivity contribution < 1.29 is 23.2 Å². The first kappa shape index (κ1) is 10.2. The number of imide groups is 2. The summed E-state index contributed by atoms with van der Waals surface area (Å²) in [5, 5.41) is 1.63. The van der Waals surface area contributed by atoms with E-state index in [4.69, 9.17) is 0 Å². The summed E-state index contributed by atoms with van der Waals surface area (Å²) in [5.41, 5.74) is -0.851. The third-order valence-electron chi connectivity index (χ3n) is 1.98. The van der Waals surface area contributed by atoms with Crippen LogP contribution < -0.4 is 10.2 Å². The molecule has 0 radical (unpaired) electrons. The van der Waals surface area contributed by atoms with E-state index >= 15 is 0 Å². The Bertz CT molecular complexity index is 495. The van der Waals surface area contributed by atoms with Crippen LogP contribution in [0.25, 0.3) is 0 Å². The van der Waals surface area contributed by atoms with Crippen LogP contribution in [-0.2, 0) is 9.59 Å². The van der Waals surface area contributed by atoms with Crippen LogP contribution in [0.1, 0.15) is 0 Å². The minimum atomic E-state index is -1.31. The molecule has 1 saturated heterocycles. The van der Waals surface area contributed by atoms with Gasteiger partial charge in [0.1, 0.15) is 17.3 Å². The summed E-state index contributed by atoms with van der Waals surface area (Å²) in [6.07, 6.45) is 0. The Morgan fingerprint density at radius 3 is 2.06 bits per heavy atom. The third-order valence-corrected chi connectivity index (χ3v) is 1.98. The molecule has 1 aliphatic heterocycles. The Kier molecular flexibility index (Phi) is 2.15. The fraction of sp³-hybridized carbons (Fsp3) is 0. The van der Waals surface area contributed by atoms with Gasteiger partial charge in [0, 0.05) is 0 Å². The summed E-state index contributed by atoms with van der Waals surface area (Å²) < 4.78 is 26.5. The molecule has 0 spiro atoms. The normalized spacial score (nSPS) is 15.6.